The molecule has 2 rings (SSSR count). The molecule has 1 aromatic carbocycles. The molecule has 7 heteroatoms. The number of carboxylic acids is 1. The third-order valence-electron chi connectivity index (χ3n) is 3.68. The zero-order chi connectivity index (χ0) is 15.6. The van der Waals surface area contributed by atoms with Gasteiger partial charge in [-0.25, -0.2) is 8.42 Å². The van der Waals surface area contributed by atoms with Crippen molar-refractivity contribution in [2.45, 2.75) is 30.9 Å². The van der Waals surface area contributed by atoms with Crippen LogP contribution in [0, 0.1) is 11.3 Å². The van der Waals surface area contributed by atoms with E-state index in [1.165, 1.54) is 4.31 Å². The molecule has 1 aromatic rings. The van der Waals surface area contributed by atoms with Crippen LogP contribution in [0.3, 0.4) is 0 Å². The first kappa shape index (κ1) is 15.3. The van der Waals surface area contributed by atoms with E-state index >= 15 is 0 Å². The van der Waals surface area contributed by atoms with Gasteiger partial charge in [0.05, 0.1) is 17.7 Å². The summed E-state index contributed by atoms with van der Waals surface area (Å²) in [5.41, 5.74) is 0.845. The van der Waals surface area contributed by atoms with Crippen molar-refractivity contribution in [2.75, 3.05) is 10.8 Å². The summed E-state index contributed by atoms with van der Waals surface area (Å²) in [5.74, 6) is -1.68. The van der Waals surface area contributed by atoms with Crippen molar-refractivity contribution in [1.82, 2.24) is 0 Å². The Bertz CT molecular complexity index is 693. The molecule has 0 saturated carbocycles. The van der Waals surface area contributed by atoms with E-state index in [1.54, 1.807) is 31.2 Å². The van der Waals surface area contributed by atoms with Crippen LogP contribution in [-0.2, 0) is 14.8 Å². The van der Waals surface area contributed by atoms with Gasteiger partial charge in [0.1, 0.15) is 0 Å². The molecule has 1 aliphatic rings. The Balaban J connectivity index is 2.52. The number of para-hydroxylation sites is 1. The third-order valence-corrected chi connectivity index (χ3v) is 5.83. The maximum absolute atomic E-state index is 12.5. The van der Waals surface area contributed by atoms with E-state index in [1.807, 2.05) is 6.07 Å². The molecular formula is C14H16N2O4S. The van der Waals surface area contributed by atoms with Crippen LogP contribution in [0.1, 0.15) is 31.2 Å². The standard InChI is InChI=1S/C14H16N2O4S/c1-2-10(9-15)21(19,20)16-8-7-12(14(17)18)11-5-3-4-6-13(11)16/h3-6,10,12H,2,7-8H2,1H3,(H,17,18). The number of anilines is 1. The number of nitriles is 1. The van der Waals surface area contributed by atoms with Gasteiger partial charge in [-0.1, -0.05) is 25.1 Å². The third kappa shape index (κ3) is 2.59. The number of benzene rings is 1. The number of carbonyl (C=O) groups is 1. The van der Waals surface area contributed by atoms with Crippen LogP contribution in [-0.4, -0.2) is 31.3 Å². The molecule has 0 aliphatic carbocycles. The minimum Gasteiger partial charge on any atom is -0.481 e. The normalized spacial score (nSPS) is 19.4. The summed E-state index contributed by atoms with van der Waals surface area (Å²) in [4.78, 5) is 11.3. The largest absolute Gasteiger partial charge is 0.481 e. The van der Waals surface area contributed by atoms with Gasteiger partial charge in [0.15, 0.2) is 5.25 Å². The SMILES string of the molecule is CCC(C#N)S(=O)(=O)N1CCC(C(=O)O)c2ccccc21. The Morgan fingerprint density at radius 2 is 2.19 bits per heavy atom. The average Bonchev–Trinajstić information content (AvgIpc) is 2.46. The number of hydrogen-bond acceptors (Lipinski definition) is 4. The number of fused-ring (bicyclic) bond motifs is 1. The summed E-state index contributed by atoms with van der Waals surface area (Å²) in [6.45, 7) is 1.72. The molecule has 2 atom stereocenters. The lowest BCUT2D eigenvalue weighted by Crippen LogP contribution is -2.42. The van der Waals surface area contributed by atoms with Crippen LogP contribution in [0.15, 0.2) is 24.3 Å². The Kier molecular flexibility index (Phi) is 4.19. The van der Waals surface area contributed by atoms with E-state index in [0.29, 0.717) is 11.3 Å². The molecular weight excluding hydrogens is 292 g/mol. The fourth-order valence-corrected chi connectivity index (χ4v) is 4.24. The van der Waals surface area contributed by atoms with Gasteiger partial charge >= 0.3 is 5.97 Å². The average molecular weight is 308 g/mol. The molecule has 0 radical (unpaired) electrons. The van der Waals surface area contributed by atoms with E-state index in [4.69, 9.17) is 5.26 Å². The number of aliphatic carboxylic acids is 1. The van der Waals surface area contributed by atoms with Crippen LogP contribution in [0.25, 0.3) is 0 Å². The van der Waals surface area contributed by atoms with Gasteiger partial charge in [0.25, 0.3) is 10.0 Å². The van der Waals surface area contributed by atoms with E-state index in [-0.39, 0.29) is 19.4 Å². The highest BCUT2D eigenvalue weighted by atomic mass is 32.2. The second kappa shape index (κ2) is 5.74. The fraction of sp³-hybridized carbons (Fsp3) is 0.429. The van der Waals surface area contributed by atoms with Crippen molar-refractivity contribution < 1.29 is 18.3 Å². The molecule has 0 aromatic heterocycles. The first-order valence-corrected chi connectivity index (χ1v) is 8.16. The molecule has 21 heavy (non-hydrogen) atoms. The summed E-state index contributed by atoms with van der Waals surface area (Å²) >= 11 is 0. The zero-order valence-corrected chi connectivity index (χ0v) is 12.4. The van der Waals surface area contributed by atoms with Gasteiger partial charge in [-0.15, -0.1) is 0 Å². The summed E-state index contributed by atoms with van der Waals surface area (Å²) in [5, 5.41) is 17.2. The zero-order valence-electron chi connectivity index (χ0n) is 11.6. The summed E-state index contributed by atoms with van der Waals surface area (Å²) in [6.07, 6.45) is 0.396. The lowest BCUT2D eigenvalue weighted by atomic mass is 9.91. The number of rotatable bonds is 4. The van der Waals surface area contributed by atoms with Crippen molar-refractivity contribution >= 4 is 21.7 Å². The van der Waals surface area contributed by atoms with Crippen LogP contribution >= 0.6 is 0 Å². The van der Waals surface area contributed by atoms with Crippen molar-refractivity contribution in [1.29, 1.82) is 5.26 Å². The summed E-state index contributed by atoms with van der Waals surface area (Å²) in [6, 6.07) is 8.38. The van der Waals surface area contributed by atoms with Crippen LogP contribution < -0.4 is 4.31 Å². The highest BCUT2D eigenvalue weighted by molar-refractivity contribution is 7.93. The molecule has 0 fully saturated rings. The molecule has 1 N–H and O–H groups in total. The van der Waals surface area contributed by atoms with Gasteiger partial charge in [-0.05, 0) is 24.5 Å². The van der Waals surface area contributed by atoms with Crippen LogP contribution in [0.2, 0.25) is 0 Å². The number of sulfonamides is 1. The Morgan fingerprint density at radius 3 is 2.76 bits per heavy atom. The van der Waals surface area contributed by atoms with Crippen molar-refractivity contribution in [2.24, 2.45) is 0 Å². The van der Waals surface area contributed by atoms with Gasteiger partial charge in [0.2, 0.25) is 0 Å². The smallest absolute Gasteiger partial charge is 0.311 e. The predicted molar refractivity (Wildman–Crippen MR) is 77.4 cm³/mol. The summed E-state index contributed by atoms with van der Waals surface area (Å²) < 4.78 is 26.3. The van der Waals surface area contributed by atoms with Gasteiger partial charge in [-0.2, -0.15) is 5.26 Å². The van der Waals surface area contributed by atoms with Crippen LogP contribution in [0.5, 0.6) is 0 Å². The minimum atomic E-state index is -3.81. The molecule has 0 bridgehead atoms. The second-order valence-electron chi connectivity index (χ2n) is 4.88. The molecule has 6 nitrogen and oxygen atoms in total. The Morgan fingerprint density at radius 1 is 1.52 bits per heavy atom. The lowest BCUT2D eigenvalue weighted by molar-refractivity contribution is -0.139. The molecule has 1 heterocycles. The van der Waals surface area contributed by atoms with Gasteiger partial charge < -0.3 is 5.11 Å². The molecule has 0 spiro atoms. The maximum atomic E-state index is 12.5. The molecule has 2 unspecified atom stereocenters. The lowest BCUT2D eigenvalue weighted by Gasteiger charge is -2.34. The second-order valence-corrected chi connectivity index (χ2v) is 6.92. The molecule has 0 saturated heterocycles. The molecule has 1 aliphatic heterocycles. The Hall–Kier alpha value is -2.07. The first-order chi connectivity index (χ1) is 9.93. The number of hydrogen-bond donors (Lipinski definition) is 1. The van der Waals surface area contributed by atoms with Gasteiger partial charge in [-0.3, -0.25) is 9.10 Å². The van der Waals surface area contributed by atoms with Crippen LogP contribution in [0.4, 0.5) is 5.69 Å². The molecule has 0 amide bonds. The molecule has 112 valence electrons. The van der Waals surface area contributed by atoms with Crippen molar-refractivity contribution in [3.8, 4) is 6.07 Å². The first-order valence-electron chi connectivity index (χ1n) is 6.66. The summed E-state index contributed by atoms with van der Waals surface area (Å²) in [7, 11) is -3.81. The minimum absolute atomic E-state index is 0.0779. The van der Waals surface area contributed by atoms with E-state index < -0.39 is 27.2 Å². The fourth-order valence-electron chi connectivity index (χ4n) is 2.57. The topological polar surface area (TPSA) is 98.5 Å². The number of carboxylic acid groups (broad SMARTS) is 1. The van der Waals surface area contributed by atoms with Gasteiger partial charge in [0, 0.05) is 6.54 Å². The van der Waals surface area contributed by atoms with Crippen molar-refractivity contribution in [3.63, 3.8) is 0 Å². The van der Waals surface area contributed by atoms with E-state index in [9.17, 15) is 18.3 Å². The van der Waals surface area contributed by atoms with E-state index in [0.717, 1.165) is 0 Å². The monoisotopic (exact) mass is 308 g/mol. The Labute approximate surface area is 123 Å². The highest BCUT2D eigenvalue weighted by Crippen LogP contribution is 2.37. The van der Waals surface area contributed by atoms with E-state index in [2.05, 4.69) is 0 Å². The quantitative estimate of drug-likeness (QED) is 0.912. The number of nitrogens with zero attached hydrogens (tertiary/aromatic N) is 2. The highest BCUT2D eigenvalue weighted by Gasteiger charge is 2.38. The maximum Gasteiger partial charge on any atom is 0.311 e. The van der Waals surface area contributed by atoms with Crippen molar-refractivity contribution in [3.05, 3.63) is 29.8 Å². The predicted octanol–water partition coefficient (Wildman–Crippen LogP) is 1.70.